The van der Waals surface area contributed by atoms with Gasteiger partial charge in [-0.1, -0.05) is 35.5 Å². The molecular formula is C17H13ClN2O3S. The molecule has 1 saturated heterocycles. The van der Waals surface area contributed by atoms with Gasteiger partial charge in [0.2, 0.25) is 5.91 Å². The second-order valence-corrected chi connectivity index (χ2v) is 6.56. The summed E-state index contributed by atoms with van der Waals surface area (Å²) < 4.78 is 0. The molecule has 122 valence electrons. The third-order valence-corrected chi connectivity index (χ3v) is 4.61. The predicted molar refractivity (Wildman–Crippen MR) is 94.3 cm³/mol. The van der Waals surface area contributed by atoms with E-state index in [-0.39, 0.29) is 29.4 Å². The maximum absolute atomic E-state index is 12.2. The molecule has 0 atom stereocenters. The minimum Gasteiger partial charge on any atom is -0.322 e. The molecule has 5 nitrogen and oxygen atoms in total. The van der Waals surface area contributed by atoms with Crippen molar-refractivity contribution < 1.29 is 14.4 Å². The van der Waals surface area contributed by atoms with Gasteiger partial charge >= 0.3 is 0 Å². The Morgan fingerprint density at radius 3 is 2.33 bits per heavy atom. The number of nitrogens with one attached hydrogen (secondary N) is 1. The van der Waals surface area contributed by atoms with E-state index >= 15 is 0 Å². The largest absolute Gasteiger partial charge is 0.322 e. The Labute approximate surface area is 148 Å². The van der Waals surface area contributed by atoms with Crippen LogP contribution in [0.3, 0.4) is 0 Å². The number of hydrogen-bond acceptors (Lipinski definition) is 4. The summed E-state index contributed by atoms with van der Waals surface area (Å²) in [4.78, 5) is 36.6. The second kappa shape index (κ2) is 7.07. The molecule has 1 heterocycles. The lowest BCUT2D eigenvalue weighted by molar-refractivity contribution is -0.125. The van der Waals surface area contributed by atoms with Crippen LogP contribution in [0, 0.1) is 0 Å². The first-order chi connectivity index (χ1) is 11.5. The molecule has 0 spiro atoms. The van der Waals surface area contributed by atoms with Crippen molar-refractivity contribution in [3.63, 3.8) is 0 Å². The molecule has 0 unspecified atom stereocenters. The number of imide groups is 1. The summed E-state index contributed by atoms with van der Waals surface area (Å²) in [5.41, 5.74) is 1.93. The van der Waals surface area contributed by atoms with Crippen molar-refractivity contribution in [2.24, 2.45) is 0 Å². The summed E-state index contributed by atoms with van der Waals surface area (Å²) >= 11 is 6.81. The topological polar surface area (TPSA) is 66.5 Å². The van der Waals surface area contributed by atoms with Crippen LogP contribution in [0.25, 0.3) is 0 Å². The summed E-state index contributed by atoms with van der Waals surface area (Å²) in [6.07, 6.45) is 0. The number of halogens is 1. The van der Waals surface area contributed by atoms with E-state index in [9.17, 15) is 14.4 Å². The average Bonchev–Trinajstić information content (AvgIpc) is 2.89. The third kappa shape index (κ3) is 3.77. The van der Waals surface area contributed by atoms with E-state index in [4.69, 9.17) is 11.6 Å². The zero-order valence-corrected chi connectivity index (χ0v) is 14.1. The standard InChI is InChI=1S/C17H13ClN2O3S/c18-13-5-7-14(8-6-13)19-16(22)12-3-1-11(2-4-12)9-20-15(21)10-24-17(20)23/h1-8H,9-10H2,(H,19,22). The lowest BCUT2D eigenvalue weighted by atomic mass is 10.1. The predicted octanol–water partition coefficient (Wildman–Crippen LogP) is 3.79. The molecule has 1 aliphatic rings. The minimum atomic E-state index is -0.243. The molecule has 3 amide bonds. The first-order valence-electron chi connectivity index (χ1n) is 7.16. The van der Waals surface area contributed by atoms with Crippen LogP contribution in [0.4, 0.5) is 10.5 Å². The Balaban J connectivity index is 1.65. The van der Waals surface area contributed by atoms with Gasteiger partial charge in [0.25, 0.3) is 11.1 Å². The maximum Gasteiger partial charge on any atom is 0.289 e. The van der Waals surface area contributed by atoms with Gasteiger partial charge in [-0.25, -0.2) is 0 Å². The summed E-state index contributed by atoms with van der Waals surface area (Å²) in [5, 5.41) is 3.14. The van der Waals surface area contributed by atoms with E-state index in [2.05, 4.69) is 5.32 Å². The Morgan fingerprint density at radius 1 is 1.08 bits per heavy atom. The van der Waals surface area contributed by atoms with E-state index in [0.717, 1.165) is 17.3 Å². The van der Waals surface area contributed by atoms with Crippen molar-refractivity contribution in [2.75, 3.05) is 11.1 Å². The molecule has 0 bridgehead atoms. The number of rotatable bonds is 4. The lowest BCUT2D eigenvalue weighted by Crippen LogP contribution is -2.27. The van der Waals surface area contributed by atoms with Crippen molar-refractivity contribution >= 4 is 46.1 Å². The van der Waals surface area contributed by atoms with Crippen LogP contribution in [-0.4, -0.2) is 27.7 Å². The van der Waals surface area contributed by atoms with Gasteiger partial charge < -0.3 is 5.32 Å². The number of hydrogen-bond donors (Lipinski definition) is 1. The molecule has 0 saturated carbocycles. The van der Waals surface area contributed by atoms with Gasteiger partial charge in [-0.3, -0.25) is 19.3 Å². The molecule has 24 heavy (non-hydrogen) atoms. The van der Waals surface area contributed by atoms with E-state index in [1.165, 1.54) is 4.90 Å². The normalized spacial score (nSPS) is 14.1. The fraction of sp³-hybridized carbons (Fsp3) is 0.118. The van der Waals surface area contributed by atoms with Crippen molar-refractivity contribution in [3.05, 3.63) is 64.7 Å². The summed E-state index contributed by atoms with van der Waals surface area (Å²) in [6.45, 7) is 0.226. The van der Waals surface area contributed by atoms with Crippen LogP contribution in [0.2, 0.25) is 5.02 Å². The fourth-order valence-electron chi connectivity index (χ4n) is 2.21. The molecule has 7 heteroatoms. The zero-order valence-electron chi connectivity index (χ0n) is 12.5. The second-order valence-electron chi connectivity index (χ2n) is 5.19. The van der Waals surface area contributed by atoms with Crippen LogP contribution in [0.5, 0.6) is 0 Å². The Morgan fingerprint density at radius 2 is 1.75 bits per heavy atom. The summed E-state index contributed by atoms with van der Waals surface area (Å²) in [5.74, 6) is -0.234. The zero-order chi connectivity index (χ0) is 17.1. The van der Waals surface area contributed by atoms with Crippen LogP contribution >= 0.6 is 23.4 Å². The quantitative estimate of drug-likeness (QED) is 0.900. The molecule has 1 N–H and O–H groups in total. The van der Waals surface area contributed by atoms with E-state index in [1.807, 2.05) is 0 Å². The summed E-state index contributed by atoms with van der Waals surface area (Å²) in [7, 11) is 0. The number of carbonyl (C=O) groups excluding carboxylic acids is 3. The molecule has 0 aliphatic carbocycles. The number of nitrogens with zero attached hydrogens (tertiary/aromatic N) is 1. The van der Waals surface area contributed by atoms with Crippen LogP contribution < -0.4 is 5.32 Å². The van der Waals surface area contributed by atoms with E-state index < -0.39 is 0 Å². The highest BCUT2D eigenvalue weighted by Crippen LogP contribution is 2.21. The molecule has 2 aromatic rings. The SMILES string of the molecule is O=C(Nc1ccc(Cl)cc1)c1ccc(CN2C(=O)CSC2=O)cc1. The first-order valence-corrected chi connectivity index (χ1v) is 8.52. The average molecular weight is 361 g/mol. The van der Waals surface area contributed by atoms with Gasteiger partial charge in [0.05, 0.1) is 12.3 Å². The van der Waals surface area contributed by atoms with Crippen LogP contribution in [0.1, 0.15) is 15.9 Å². The molecular weight excluding hydrogens is 348 g/mol. The molecule has 1 aliphatic heterocycles. The molecule has 0 radical (unpaired) electrons. The highest BCUT2D eigenvalue weighted by atomic mass is 35.5. The van der Waals surface area contributed by atoms with Gasteiger partial charge in [0.1, 0.15) is 0 Å². The molecule has 3 rings (SSSR count). The summed E-state index contributed by atoms with van der Waals surface area (Å²) in [6, 6.07) is 13.6. The number of benzene rings is 2. The Kier molecular flexibility index (Phi) is 4.87. The highest BCUT2D eigenvalue weighted by Gasteiger charge is 2.29. The molecule has 0 aromatic heterocycles. The molecule has 1 fully saturated rings. The van der Waals surface area contributed by atoms with E-state index in [1.54, 1.807) is 48.5 Å². The number of thioether (sulfide) groups is 1. The smallest absolute Gasteiger partial charge is 0.289 e. The van der Waals surface area contributed by atoms with Crippen molar-refractivity contribution in [1.29, 1.82) is 0 Å². The monoisotopic (exact) mass is 360 g/mol. The van der Waals surface area contributed by atoms with Gasteiger partial charge in [-0.05, 0) is 42.0 Å². The Bertz CT molecular complexity index is 774. The number of anilines is 1. The van der Waals surface area contributed by atoms with Gasteiger partial charge in [0.15, 0.2) is 0 Å². The first kappa shape index (κ1) is 16.5. The number of carbonyl (C=O) groups is 3. The third-order valence-electron chi connectivity index (χ3n) is 3.50. The Hall–Kier alpha value is -2.31. The number of amides is 3. The minimum absolute atomic E-state index is 0.186. The van der Waals surface area contributed by atoms with Crippen molar-refractivity contribution in [3.8, 4) is 0 Å². The van der Waals surface area contributed by atoms with Gasteiger partial charge in [-0.15, -0.1) is 0 Å². The maximum atomic E-state index is 12.2. The highest BCUT2D eigenvalue weighted by molar-refractivity contribution is 8.14. The van der Waals surface area contributed by atoms with Gasteiger partial charge in [0, 0.05) is 16.3 Å². The van der Waals surface area contributed by atoms with Crippen molar-refractivity contribution in [1.82, 2.24) is 4.90 Å². The fourth-order valence-corrected chi connectivity index (χ4v) is 3.07. The molecule has 2 aromatic carbocycles. The van der Waals surface area contributed by atoms with Crippen LogP contribution in [0.15, 0.2) is 48.5 Å². The van der Waals surface area contributed by atoms with Crippen LogP contribution in [-0.2, 0) is 11.3 Å². The lowest BCUT2D eigenvalue weighted by Gasteiger charge is -2.13. The van der Waals surface area contributed by atoms with Gasteiger partial charge in [-0.2, -0.15) is 0 Å². The van der Waals surface area contributed by atoms with E-state index in [0.29, 0.717) is 16.3 Å². The van der Waals surface area contributed by atoms with Crippen molar-refractivity contribution in [2.45, 2.75) is 6.54 Å².